The third-order valence-corrected chi connectivity index (χ3v) is 2.16. The molecule has 0 radical (unpaired) electrons. The largest absolute Gasteiger partial charge is 0.356 e. The highest BCUT2D eigenvalue weighted by Gasteiger charge is 2.10. The van der Waals surface area contributed by atoms with Crippen LogP contribution in [0, 0.1) is 0 Å². The number of hydrogen-bond donors (Lipinski definition) is 1. The molecule has 0 spiro atoms. The molecule has 1 heterocycles. The van der Waals surface area contributed by atoms with E-state index in [0.717, 1.165) is 5.82 Å². The average Bonchev–Trinajstić information content (AvgIpc) is 2.48. The molecule has 0 saturated heterocycles. The highest BCUT2D eigenvalue weighted by molar-refractivity contribution is 5.38. The van der Waals surface area contributed by atoms with E-state index in [-0.39, 0.29) is 0 Å². The van der Waals surface area contributed by atoms with Gasteiger partial charge >= 0.3 is 0 Å². The first-order valence-corrected chi connectivity index (χ1v) is 4.07. The third-order valence-electron chi connectivity index (χ3n) is 2.16. The Labute approximate surface area is 73.0 Å². The summed E-state index contributed by atoms with van der Waals surface area (Å²) in [5, 5.41) is 4.09. The van der Waals surface area contributed by atoms with Crippen molar-refractivity contribution in [3.05, 3.63) is 12.3 Å². The maximum absolute atomic E-state index is 5.56. The van der Waals surface area contributed by atoms with Crippen LogP contribution in [0.25, 0.3) is 0 Å². The minimum absolute atomic E-state index is 0.348. The molecule has 12 heavy (non-hydrogen) atoms. The summed E-state index contributed by atoms with van der Waals surface area (Å²) in [6, 6.07) is 2.33. The highest BCUT2D eigenvalue weighted by atomic mass is 15.4. The minimum Gasteiger partial charge on any atom is -0.356 e. The summed E-state index contributed by atoms with van der Waals surface area (Å²) >= 11 is 0. The average molecular weight is 168 g/mol. The van der Waals surface area contributed by atoms with E-state index >= 15 is 0 Å². The van der Waals surface area contributed by atoms with Gasteiger partial charge in [-0.05, 0) is 6.92 Å². The number of nitrogens with two attached hydrogens (primary N) is 1. The summed E-state index contributed by atoms with van der Waals surface area (Å²) < 4.78 is 1.84. The molecule has 0 aliphatic heterocycles. The van der Waals surface area contributed by atoms with Gasteiger partial charge in [0.15, 0.2) is 0 Å². The molecule has 0 amide bonds. The number of rotatable bonds is 3. The van der Waals surface area contributed by atoms with Crippen LogP contribution in [-0.2, 0) is 7.05 Å². The Hall–Kier alpha value is -1.03. The molecule has 1 aromatic heterocycles. The van der Waals surface area contributed by atoms with Crippen molar-refractivity contribution in [3.63, 3.8) is 0 Å². The van der Waals surface area contributed by atoms with Crippen LogP contribution < -0.4 is 10.6 Å². The first kappa shape index (κ1) is 9.06. The molecule has 1 aromatic rings. The van der Waals surface area contributed by atoms with Crippen molar-refractivity contribution in [2.24, 2.45) is 12.8 Å². The van der Waals surface area contributed by atoms with Crippen LogP contribution in [0.5, 0.6) is 0 Å². The van der Waals surface area contributed by atoms with Gasteiger partial charge in [-0.2, -0.15) is 5.10 Å². The summed E-state index contributed by atoms with van der Waals surface area (Å²) in [5.74, 6) is 1.09. The maximum atomic E-state index is 5.56. The monoisotopic (exact) mass is 168 g/mol. The van der Waals surface area contributed by atoms with E-state index in [1.807, 2.05) is 24.8 Å². The van der Waals surface area contributed by atoms with Crippen LogP contribution in [0.1, 0.15) is 6.92 Å². The van der Waals surface area contributed by atoms with Gasteiger partial charge in [0, 0.05) is 32.7 Å². The molecule has 1 atom stereocenters. The molecule has 1 rings (SSSR count). The number of likely N-dealkylation sites (N-methyl/N-ethyl adjacent to an activating group) is 1. The second-order valence-corrected chi connectivity index (χ2v) is 3.01. The zero-order valence-electron chi connectivity index (χ0n) is 7.86. The van der Waals surface area contributed by atoms with Crippen molar-refractivity contribution in [2.75, 3.05) is 18.5 Å². The van der Waals surface area contributed by atoms with E-state index in [4.69, 9.17) is 5.73 Å². The molecule has 0 fully saturated rings. The summed E-state index contributed by atoms with van der Waals surface area (Å²) in [4.78, 5) is 2.12. The lowest BCUT2D eigenvalue weighted by Crippen LogP contribution is -2.36. The molecule has 4 heteroatoms. The van der Waals surface area contributed by atoms with E-state index in [2.05, 4.69) is 16.9 Å². The highest BCUT2D eigenvalue weighted by Crippen LogP contribution is 2.11. The number of aryl methyl sites for hydroxylation is 1. The topological polar surface area (TPSA) is 47.1 Å². The SMILES string of the molecule is CC(CN)N(C)c1ccnn1C. The van der Waals surface area contributed by atoms with Crippen molar-refractivity contribution in [1.82, 2.24) is 9.78 Å². The summed E-state index contributed by atoms with van der Waals surface area (Å²) in [5.41, 5.74) is 5.56. The molecule has 4 nitrogen and oxygen atoms in total. The first-order chi connectivity index (χ1) is 5.66. The Morgan fingerprint density at radius 3 is 2.83 bits per heavy atom. The van der Waals surface area contributed by atoms with Crippen molar-refractivity contribution >= 4 is 5.82 Å². The lowest BCUT2D eigenvalue weighted by molar-refractivity contribution is 0.653. The maximum Gasteiger partial charge on any atom is 0.126 e. The normalized spacial score (nSPS) is 13.0. The van der Waals surface area contributed by atoms with Crippen molar-refractivity contribution in [1.29, 1.82) is 0 Å². The van der Waals surface area contributed by atoms with Crippen LogP contribution in [0.2, 0.25) is 0 Å². The van der Waals surface area contributed by atoms with Gasteiger partial charge in [-0.15, -0.1) is 0 Å². The van der Waals surface area contributed by atoms with E-state index in [0.29, 0.717) is 12.6 Å². The Kier molecular flexibility index (Phi) is 2.70. The number of anilines is 1. The molecule has 1 unspecified atom stereocenters. The van der Waals surface area contributed by atoms with E-state index in [1.165, 1.54) is 0 Å². The zero-order chi connectivity index (χ0) is 9.14. The fourth-order valence-corrected chi connectivity index (χ4v) is 1.10. The quantitative estimate of drug-likeness (QED) is 0.701. The number of aromatic nitrogens is 2. The van der Waals surface area contributed by atoms with E-state index in [1.54, 1.807) is 6.20 Å². The lowest BCUT2D eigenvalue weighted by Gasteiger charge is -2.25. The molecule has 0 aliphatic rings. The van der Waals surface area contributed by atoms with Gasteiger partial charge in [-0.3, -0.25) is 4.68 Å². The Bertz CT molecular complexity index is 243. The number of nitrogens with zero attached hydrogens (tertiary/aromatic N) is 3. The van der Waals surface area contributed by atoms with Crippen molar-refractivity contribution in [3.8, 4) is 0 Å². The van der Waals surface area contributed by atoms with Crippen molar-refractivity contribution in [2.45, 2.75) is 13.0 Å². The summed E-state index contributed by atoms with van der Waals surface area (Å²) in [6.45, 7) is 2.74. The second kappa shape index (κ2) is 3.58. The molecule has 0 saturated carbocycles. The summed E-state index contributed by atoms with van der Waals surface area (Å²) in [6.07, 6.45) is 1.79. The van der Waals surface area contributed by atoms with E-state index < -0.39 is 0 Å². The zero-order valence-corrected chi connectivity index (χ0v) is 7.86. The molecule has 0 aliphatic carbocycles. The van der Waals surface area contributed by atoms with Crippen LogP contribution in [0.3, 0.4) is 0 Å². The molecular weight excluding hydrogens is 152 g/mol. The molecule has 2 N–H and O–H groups in total. The molecule has 0 bridgehead atoms. The van der Waals surface area contributed by atoms with Crippen LogP contribution in [0.4, 0.5) is 5.82 Å². The smallest absolute Gasteiger partial charge is 0.126 e. The van der Waals surface area contributed by atoms with Gasteiger partial charge < -0.3 is 10.6 Å². The van der Waals surface area contributed by atoms with Crippen molar-refractivity contribution < 1.29 is 0 Å². The van der Waals surface area contributed by atoms with Gasteiger partial charge in [0.1, 0.15) is 5.82 Å². The van der Waals surface area contributed by atoms with Crippen LogP contribution in [-0.4, -0.2) is 29.4 Å². The molecule has 68 valence electrons. The van der Waals surface area contributed by atoms with E-state index in [9.17, 15) is 0 Å². The second-order valence-electron chi connectivity index (χ2n) is 3.01. The minimum atomic E-state index is 0.348. The first-order valence-electron chi connectivity index (χ1n) is 4.07. The van der Waals surface area contributed by atoms with Crippen LogP contribution >= 0.6 is 0 Å². The predicted molar refractivity (Wildman–Crippen MR) is 50.1 cm³/mol. The lowest BCUT2D eigenvalue weighted by atomic mass is 10.3. The Morgan fingerprint density at radius 1 is 1.75 bits per heavy atom. The van der Waals surface area contributed by atoms with Gasteiger partial charge in [-0.1, -0.05) is 0 Å². The Morgan fingerprint density at radius 2 is 2.42 bits per heavy atom. The van der Waals surface area contributed by atoms with Gasteiger partial charge in [0.2, 0.25) is 0 Å². The predicted octanol–water partition coefficient (Wildman–Crippen LogP) is 0.203. The standard InChI is InChI=1S/C8H16N4/c1-7(6-9)11(2)8-4-5-10-12(8)3/h4-5,7H,6,9H2,1-3H3. The van der Waals surface area contributed by atoms with Crippen LogP contribution in [0.15, 0.2) is 12.3 Å². The molecular formula is C8H16N4. The van der Waals surface area contributed by atoms with Gasteiger partial charge in [0.25, 0.3) is 0 Å². The van der Waals surface area contributed by atoms with Gasteiger partial charge in [0.05, 0.1) is 6.20 Å². The third kappa shape index (κ3) is 1.58. The summed E-state index contributed by atoms with van der Waals surface area (Å²) in [7, 11) is 3.95. The fourth-order valence-electron chi connectivity index (χ4n) is 1.10. The molecule has 0 aromatic carbocycles. The number of hydrogen-bond acceptors (Lipinski definition) is 3. The fraction of sp³-hybridized carbons (Fsp3) is 0.625. The van der Waals surface area contributed by atoms with Gasteiger partial charge in [-0.25, -0.2) is 0 Å². The Balaban J connectivity index is 2.77.